The zero-order valence-electron chi connectivity index (χ0n) is 21.7. The van der Waals surface area contributed by atoms with Crippen LogP contribution < -0.4 is 4.72 Å². The summed E-state index contributed by atoms with van der Waals surface area (Å²) in [6.45, 7) is 3.06. The number of fused-ring (bicyclic) bond motifs is 3. The van der Waals surface area contributed by atoms with Gasteiger partial charge in [-0.15, -0.1) is 0 Å². The van der Waals surface area contributed by atoms with Crippen molar-refractivity contribution in [3.63, 3.8) is 0 Å². The van der Waals surface area contributed by atoms with Crippen LogP contribution in [-0.4, -0.2) is 41.5 Å². The van der Waals surface area contributed by atoms with E-state index in [9.17, 15) is 8.42 Å². The van der Waals surface area contributed by atoms with Gasteiger partial charge in [0.1, 0.15) is 5.82 Å². The molecule has 7 rings (SSSR count). The summed E-state index contributed by atoms with van der Waals surface area (Å²) in [5.74, 6) is 1.35. The molecule has 0 spiro atoms. The Labute approximate surface area is 224 Å². The van der Waals surface area contributed by atoms with Crippen molar-refractivity contribution < 1.29 is 8.42 Å². The van der Waals surface area contributed by atoms with E-state index in [-0.39, 0.29) is 5.92 Å². The summed E-state index contributed by atoms with van der Waals surface area (Å²) in [6, 6.07) is 28.9. The van der Waals surface area contributed by atoms with Crippen molar-refractivity contribution in [3.8, 4) is 0 Å². The Hall–Kier alpha value is -3.00. The average molecular weight is 527 g/mol. The Morgan fingerprint density at radius 1 is 0.868 bits per heavy atom. The standard InChI is InChI=1S/C31H34N4O2S/c1-22-32-29-14-8-9-15-30(29)35(22)27-18-25-16-17-26(19-27)34(25)21-24-20-31(24,23-10-4-2-5-11-23)33-38(36,37)28-12-6-3-7-13-28/h2-15,24-27,33H,16-21H2,1H3/t24-,25-,26+,27+,31+/m1/s1. The van der Waals surface area contributed by atoms with Crippen LogP contribution in [-0.2, 0) is 15.6 Å². The number of nitrogens with one attached hydrogen (secondary N) is 1. The number of benzene rings is 3. The van der Waals surface area contributed by atoms with E-state index in [4.69, 9.17) is 4.98 Å². The molecule has 2 aliphatic heterocycles. The number of aromatic nitrogens is 2. The number of piperidine rings is 1. The molecule has 7 heteroatoms. The minimum atomic E-state index is -3.63. The molecule has 0 radical (unpaired) electrons. The molecule has 1 aliphatic carbocycles. The largest absolute Gasteiger partial charge is 0.325 e. The highest BCUT2D eigenvalue weighted by Crippen LogP contribution is 2.55. The van der Waals surface area contributed by atoms with Gasteiger partial charge in [0, 0.05) is 24.7 Å². The third-order valence-corrected chi connectivity index (χ3v) is 10.7. The van der Waals surface area contributed by atoms with Gasteiger partial charge in [-0.2, -0.15) is 0 Å². The van der Waals surface area contributed by atoms with E-state index in [0.717, 1.165) is 42.7 Å². The van der Waals surface area contributed by atoms with E-state index in [1.807, 2.05) is 24.3 Å². The van der Waals surface area contributed by atoms with E-state index >= 15 is 0 Å². The van der Waals surface area contributed by atoms with E-state index in [1.165, 1.54) is 18.4 Å². The molecule has 38 heavy (non-hydrogen) atoms. The molecule has 2 bridgehead atoms. The lowest BCUT2D eigenvalue weighted by molar-refractivity contribution is 0.0991. The fourth-order valence-electron chi connectivity index (χ4n) is 7.36. The normalized spacial score (nSPS) is 29.1. The third kappa shape index (κ3) is 3.99. The van der Waals surface area contributed by atoms with Crippen molar-refractivity contribution >= 4 is 21.1 Å². The molecule has 196 valence electrons. The van der Waals surface area contributed by atoms with Crippen molar-refractivity contribution in [2.75, 3.05) is 6.54 Å². The highest BCUT2D eigenvalue weighted by atomic mass is 32.2. The van der Waals surface area contributed by atoms with Crippen LogP contribution in [0.4, 0.5) is 0 Å². The Morgan fingerprint density at radius 3 is 2.21 bits per heavy atom. The monoisotopic (exact) mass is 526 g/mol. The number of hydrogen-bond donors (Lipinski definition) is 1. The van der Waals surface area contributed by atoms with Gasteiger partial charge < -0.3 is 4.57 Å². The number of nitrogens with zero attached hydrogens (tertiary/aromatic N) is 3. The lowest BCUT2D eigenvalue weighted by atomic mass is 9.95. The maximum absolute atomic E-state index is 13.4. The molecule has 1 N–H and O–H groups in total. The molecule has 3 heterocycles. The maximum Gasteiger partial charge on any atom is 0.241 e. The lowest BCUT2D eigenvalue weighted by Gasteiger charge is -2.40. The second-order valence-corrected chi connectivity index (χ2v) is 13.1. The summed E-state index contributed by atoms with van der Waals surface area (Å²) in [4.78, 5) is 7.86. The van der Waals surface area contributed by atoms with Crippen molar-refractivity contribution in [2.45, 2.75) is 67.6 Å². The Bertz CT molecular complexity index is 1560. The fourth-order valence-corrected chi connectivity index (χ4v) is 8.84. The lowest BCUT2D eigenvalue weighted by Crippen LogP contribution is -2.46. The topological polar surface area (TPSA) is 67.2 Å². The molecule has 1 saturated carbocycles. The molecule has 2 saturated heterocycles. The summed E-state index contributed by atoms with van der Waals surface area (Å²) >= 11 is 0. The number of para-hydroxylation sites is 2. The number of imidazole rings is 1. The smallest absolute Gasteiger partial charge is 0.241 e. The van der Waals surface area contributed by atoms with Crippen molar-refractivity contribution in [3.05, 3.63) is 96.3 Å². The second kappa shape index (κ2) is 9.04. The van der Waals surface area contributed by atoms with Gasteiger partial charge in [0.25, 0.3) is 0 Å². The number of sulfonamides is 1. The zero-order valence-corrected chi connectivity index (χ0v) is 22.5. The van der Waals surface area contributed by atoms with Gasteiger partial charge in [-0.25, -0.2) is 18.1 Å². The summed E-state index contributed by atoms with van der Waals surface area (Å²) in [5, 5.41) is 0. The van der Waals surface area contributed by atoms with Crippen LogP contribution in [0, 0.1) is 12.8 Å². The molecule has 3 aromatic carbocycles. The van der Waals surface area contributed by atoms with Gasteiger partial charge in [0.15, 0.2) is 0 Å². The molecular weight excluding hydrogens is 492 g/mol. The molecule has 4 aromatic rings. The van der Waals surface area contributed by atoms with Crippen LogP contribution in [0.15, 0.2) is 89.8 Å². The van der Waals surface area contributed by atoms with Gasteiger partial charge in [-0.1, -0.05) is 60.7 Å². The van der Waals surface area contributed by atoms with Gasteiger partial charge >= 0.3 is 0 Å². The van der Waals surface area contributed by atoms with E-state index < -0.39 is 15.6 Å². The highest BCUT2D eigenvalue weighted by molar-refractivity contribution is 7.89. The Kier molecular flexibility index (Phi) is 5.73. The fraction of sp³-hybridized carbons (Fsp3) is 0.387. The van der Waals surface area contributed by atoms with Gasteiger partial charge in [-0.3, -0.25) is 4.90 Å². The van der Waals surface area contributed by atoms with E-state index in [1.54, 1.807) is 24.3 Å². The maximum atomic E-state index is 13.4. The molecule has 3 fully saturated rings. The first-order chi connectivity index (χ1) is 18.4. The number of hydrogen-bond acceptors (Lipinski definition) is 4. The predicted molar refractivity (Wildman–Crippen MR) is 149 cm³/mol. The molecule has 1 aromatic heterocycles. The van der Waals surface area contributed by atoms with Crippen LogP contribution in [0.1, 0.15) is 49.5 Å². The zero-order chi connectivity index (χ0) is 25.9. The molecule has 0 unspecified atom stereocenters. The summed E-state index contributed by atoms with van der Waals surface area (Å²) < 4.78 is 32.5. The van der Waals surface area contributed by atoms with Crippen LogP contribution in [0.3, 0.4) is 0 Å². The number of rotatable bonds is 7. The van der Waals surface area contributed by atoms with Crippen LogP contribution in [0.5, 0.6) is 0 Å². The molecule has 0 amide bonds. The third-order valence-electron chi connectivity index (χ3n) is 9.19. The van der Waals surface area contributed by atoms with E-state index in [2.05, 4.69) is 57.5 Å². The first-order valence-corrected chi connectivity index (χ1v) is 15.3. The summed E-state index contributed by atoms with van der Waals surface area (Å²) in [5.41, 5.74) is 2.83. The van der Waals surface area contributed by atoms with Crippen molar-refractivity contribution in [1.29, 1.82) is 0 Å². The highest BCUT2D eigenvalue weighted by Gasteiger charge is 2.59. The molecular formula is C31H34N4O2S. The van der Waals surface area contributed by atoms with Gasteiger partial charge in [-0.05, 0) is 74.8 Å². The average Bonchev–Trinajstić information content (AvgIpc) is 3.42. The van der Waals surface area contributed by atoms with E-state index in [0.29, 0.717) is 23.0 Å². The molecule has 6 nitrogen and oxygen atoms in total. The Balaban J connectivity index is 1.13. The quantitative estimate of drug-likeness (QED) is 0.350. The Morgan fingerprint density at radius 2 is 1.50 bits per heavy atom. The SMILES string of the molecule is Cc1nc2ccccc2n1[C@H]1C[C@H]2CC[C@@H](C1)N2C[C@H]1C[C@]1(NS(=O)(=O)c1ccccc1)c1ccccc1. The minimum absolute atomic E-state index is 0.249. The predicted octanol–water partition coefficient (Wildman–Crippen LogP) is 5.41. The summed E-state index contributed by atoms with van der Waals surface area (Å²) in [6.07, 6.45) is 5.51. The number of aryl methyl sites for hydroxylation is 1. The van der Waals surface area contributed by atoms with Crippen LogP contribution >= 0.6 is 0 Å². The van der Waals surface area contributed by atoms with Gasteiger partial charge in [0.2, 0.25) is 10.0 Å². The minimum Gasteiger partial charge on any atom is -0.325 e. The van der Waals surface area contributed by atoms with Crippen LogP contribution in [0.25, 0.3) is 11.0 Å². The molecule has 3 aliphatic rings. The van der Waals surface area contributed by atoms with Crippen molar-refractivity contribution in [2.24, 2.45) is 5.92 Å². The van der Waals surface area contributed by atoms with Crippen LogP contribution in [0.2, 0.25) is 0 Å². The summed E-state index contributed by atoms with van der Waals surface area (Å²) in [7, 11) is -3.63. The first kappa shape index (κ1) is 24.1. The molecule has 5 atom stereocenters. The van der Waals surface area contributed by atoms with Crippen molar-refractivity contribution in [1.82, 2.24) is 19.2 Å². The first-order valence-electron chi connectivity index (χ1n) is 13.8. The second-order valence-electron chi connectivity index (χ2n) is 11.4. The van der Waals surface area contributed by atoms with Gasteiger partial charge in [0.05, 0.1) is 21.5 Å².